The number of carbonyl (C=O) groups excluding carboxylic acids is 1. The standard InChI is InChI=1S/C28H34ClF2N3O4S/c29-21-4-6-24(7-5-21)39(37,38)34-25(20-16-22(30)18-23(31)17-20)2-1-3-26(34)28(8-9-28)19-27(36)33-12-10-32(11-13-33)14-15-35/h4-7,16-18,25-26,35H,1-3,8-15,19H2/t25-,26+/m0/s1. The summed E-state index contributed by atoms with van der Waals surface area (Å²) in [5, 5.41) is 9.59. The molecule has 2 aromatic rings. The maximum Gasteiger partial charge on any atom is 0.243 e. The topological polar surface area (TPSA) is 81.2 Å². The largest absolute Gasteiger partial charge is 0.395 e. The van der Waals surface area contributed by atoms with Crippen molar-refractivity contribution in [2.24, 2.45) is 5.41 Å². The van der Waals surface area contributed by atoms with Crippen molar-refractivity contribution in [3.63, 3.8) is 0 Å². The van der Waals surface area contributed by atoms with Crippen molar-refractivity contribution in [2.45, 2.75) is 55.5 Å². The summed E-state index contributed by atoms with van der Waals surface area (Å²) in [5.74, 6) is -1.51. The monoisotopic (exact) mass is 581 g/mol. The van der Waals surface area contributed by atoms with Crippen LogP contribution in [0, 0.1) is 17.0 Å². The summed E-state index contributed by atoms with van der Waals surface area (Å²) in [4.78, 5) is 17.4. The maximum atomic E-state index is 14.3. The number of halogens is 3. The molecule has 0 unspecified atom stereocenters. The van der Waals surface area contributed by atoms with E-state index in [-0.39, 0.29) is 29.4 Å². The van der Waals surface area contributed by atoms with Crippen molar-refractivity contribution in [3.05, 3.63) is 64.7 Å². The van der Waals surface area contributed by atoms with Crippen molar-refractivity contribution in [1.82, 2.24) is 14.1 Å². The van der Waals surface area contributed by atoms with Crippen LogP contribution in [0.4, 0.5) is 8.78 Å². The first-order valence-electron chi connectivity index (χ1n) is 13.5. The first kappa shape index (κ1) is 28.4. The third-order valence-electron chi connectivity index (χ3n) is 8.47. The van der Waals surface area contributed by atoms with Crippen LogP contribution in [0.3, 0.4) is 0 Å². The number of aliphatic hydroxyl groups is 1. The summed E-state index contributed by atoms with van der Waals surface area (Å²) < 4.78 is 58.4. The normalized spacial score (nSPS) is 24.1. The molecule has 0 aromatic heterocycles. The van der Waals surface area contributed by atoms with Gasteiger partial charge in [-0.25, -0.2) is 17.2 Å². The van der Waals surface area contributed by atoms with Crippen LogP contribution in [0.25, 0.3) is 0 Å². The Morgan fingerprint density at radius 2 is 1.64 bits per heavy atom. The second-order valence-corrected chi connectivity index (χ2v) is 13.2. The molecule has 2 saturated heterocycles. The van der Waals surface area contributed by atoms with Gasteiger partial charge in [-0.3, -0.25) is 9.69 Å². The summed E-state index contributed by atoms with van der Waals surface area (Å²) in [6, 6.07) is 7.87. The van der Waals surface area contributed by atoms with Crippen molar-refractivity contribution in [2.75, 3.05) is 39.3 Å². The van der Waals surface area contributed by atoms with Gasteiger partial charge in [0, 0.05) is 56.3 Å². The molecule has 1 aliphatic carbocycles. The molecule has 5 rings (SSSR count). The summed E-state index contributed by atoms with van der Waals surface area (Å²) in [7, 11) is -4.09. The molecular weight excluding hydrogens is 548 g/mol. The highest BCUT2D eigenvalue weighted by Gasteiger charge is 2.57. The minimum absolute atomic E-state index is 0.00101. The van der Waals surface area contributed by atoms with Crippen LogP contribution in [0.1, 0.15) is 50.1 Å². The number of benzene rings is 2. The molecule has 1 saturated carbocycles. The van der Waals surface area contributed by atoms with Crippen LogP contribution >= 0.6 is 11.6 Å². The second-order valence-electron chi connectivity index (χ2n) is 10.9. The molecule has 1 amide bonds. The third-order valence-corrected chi connectivity index (χ3v) is 10.7. The lowest BCUT2D eigenvalue weighted by Gasteiger charge is -2.45. The van der Waals surface area contributed by atoms with Crippen molar-refractivity contribution >= 4 is 27.5 Å². The number of β-amino-alcohol motifs (C(OH)–C–C–N with tert-alkyl or cyclic N) is 1. The Balaban J connectivity index is 1.46. The number of carbonyl (C=O) groups is 1. The molecule has 3 aliphatic rings. The Bertz CT molecular complexity index is 1280. The van der Waals surface area contributed by atoms with Gasteiger partial charge in [0.2, 0.25) is 15.9 Å². The van der Waals surface area contributed by atoms with Gasteiger partial charge in [-0.1, -0.05) is 11.6 Å². The van der Waals surface area contributed by atoms with E-state index < -0.39 is 39.2 Å². The SMILES string of the molecule is O=C(CC1([C@H]2CCC[C@@H](c3cc(F)cc(F)c3)N2S(=O)(=O)c2ccc(Cl)cc2)CC1)N1CCN(CCO)CC1. The number of hydrogen-bond donors (Lipinski definition) is 1. The van der Waals surface area contributed by atoms with Crippen molar-refractivity contribution in [1.29, 1.82) is 0 Å². The predicted molar refractivity (Wildman–Crippen MR) is 144 cm³/mol. The summed E-state index contributed by atoms with van der Waals surface area (Å²) >= 11 is 6.03. The number of aliphatic hydroxyl groups excluding tert-OH is 1. The van der Waals surface area contributed by atoms with E-state index in [1.807, 2.05) is 4.90 Å². The zero-order valence-corrected chi connectivity index (χ0v) is 23.3. The number of piperidine rings is 1. The van der Waals surface area contributed by atoms with E-state index >= 15 is 0 Å². The predicted octanol–water partition coefficient (Wildman–Crippen LogP) is 4.21. The average molecular weight is 582 g/mol. The highest BCUT2D eigenvalue weighted by atomic mass is 35.5. The van der Waals surface area contributed by atoms with E-state index in [1.165, 1.54) is 40.7 Å². The molecule has 0 bridgehead atoms. The lowest BCUT2D eigenvalue weighted by molar-refractivity contribution is -0.135. The van der Waals surface area contributed by atoms with E-state index in [9.17, 15) is 27.1 Å². The van der Waals surface area contributed by atoms with Gasteiger partial charge in [0.15, 0.2) is 0 Å². The number of hydrogen-bond acceptors (Lipinski definition) is 5. The molecular formula is C28H34ClF2N3O4S. The summed E-state index contributed by atoms with van der Waals surface area (Å²) in [6.07, 6.45) is 3.32. The molecule has 2 aliphatic heterocycles. The zero-order valence-electron chi connectivity index (χ0n) is 21.7. The number of nitrogens with zero attached hydrogens (tertiary/aromatic N) is 3. The molecule has 2 heterocycles. The molecule has 0 radical (unpaired) electrons. The van der Waals surface area contributed by atoms with Crippen LogP contribution in [-0.2, 0) is 14.8 Å². The maximum absolute atomic E-state index is 14.3. The highest BCUT2D eigenvalue weighted by Crippen LogP contribution is 2.58. The van der Waals surface area contributed by atoms with Crippen LogP contribution < -0.4 is 0 Å². The average Bonchev–Trinajstić information content (AvgIpc) is 3.69. The molecule has 2 aromatic carbocycles. The summed E-state index contributed by atoms with van der Waals surface area (Å²) in [5.41, 5.74) is -0.250. The zero-order chi connectivity index (χ0) is 27.8. The van der Waals surface area contributed by atoms with Gasteiger partial charge in [-0.05, 0) is 79.5 Å². The summed E-state index contributed by atoms with van der Waals surface area (Å²) in [6.45, 7) is 3.16. The molecule has 11 heteroatoms. The lowest BCUT2D eigenvalue weighted by Crippen LogP contribution is -2.53. The Hall–Kier alpha value is -2.11. The van der Waals surface area contributed by atoms with Gasteiger partial charge in [0.05, 0.1) is 17.5 Å². The molecule has 7 nitrogen and oxygen atoms in total. The number of amides is 1. The smallest absolute Gasteiger partial charge is 0.243 e. The first-order chi connectivity index (χ1) is 18.6. The highest BCUT2D eigenvalue weighted by molar-refractivity contribution is 7.89. The fourth-order valence-corrected chi connectivity index (χ4v) is 8.34. The van der Waals surface area contributed by atoms with E-state index in [0.717, 1.165) is 6.07 Å². The van der Waals surface area contributed by atoms with Gasteiger partial charge in [0.25, 0.3) is 0 Å². The van der Waals surface area contributed by atoms with E-state index in [1.54, 1.807) is 0 Å². The minimum Gasteiger partial charge on any atom is -0.395 e. The first-order valence-corrected chi connectivity index (χ1v) is 15.3. The van der Waals surface area contributed by atoms with E-state index in [2.05, 4.69) is 4.90 Å². The quantitative estimate of drug-likeness (QED) is 0.505. The van der Waals surface area contributed by atoms with Gasteiger partial charge in [-0.2, -0.15) is 4.31 Å². The molecule has 2 atom stereocenters. The van der Waals surface area contributed by atoms with E-state index in [4.69, 9.17) is 11.6 Å². The van der Waals surface area contributed by atoms with Crippen LogP contribution in [0.15, 0.2) is 47.4 Å². The van der Waals surface area contributed by atoms with Crippen LogP contribution in [0.5, 0.6) is 0 Å². The second kappa shape index (κ2) is 11.4. The van der Waals surface area contributed by atoms with E-state index in [0.29, 0.717) is 69.9 Å². The van der Waals surface area contributed by atoms with Gasteiger partial charge >= 0.3 is 0 Å². The number of sulfonamides is 1. The fourth-order valence-electron chi connectivity index (χ4n) is 6.26. The third kappa shape index (κ3) is 6.00. The Kier molecular flexibility index (Phi) is 8.31. The fraction of sp³-hybridized carbons (Fsp3) is 0.536. The molecule has 0 spiro atoms. The molecule has 212 valence electrons. The van der Waals surface area contributed by atoms with Crippen LogP contribution in [0.2, 0.25) is 5.02 Å². The van der Waals surface area contributed by atoms with Gasteiger partial charge in [-0.15, -0.1) is 0 Å². The Labute approximate surface area is 233 Å². The Morgan fingerprint density at radius 3 is 2.23 bits per heavy atom. The van der Waals surface area contributed by atoms with Crippen molar-refractivity contribution < 1.29 is 27.1 Å². The van der Waals surface area contributed by atoms with Crippen LogP contribution in [-0.4, -0.2) is 78.9 Å². The van der Waals surface area contributed by atoms with Gasteiger partial charge in [0.1, 0.15) is 11.6 Å². The lowest BCUT2D eigenvalue weighted by atomic mass is 9.82. The Morgan fingerprint density at radius 1 is 1.00 bits per heavy atom. The number of piperazine rings is 1. The van der Waals surface area contributed by atoms with Gasteiger partial charge < -0.3 is 10.0 Å². The number of rotatable bonds is 8. The molecule has 39 heavy (non-hydrogen) atoms. The van der Waals surface area contributed by atoms with Crippen molar-refractivity contribution in [3.8, 4) is 0 Å². The molecule has 3 fully saturated rings. The molecule has 1 N–H and O–H groups in total. The minimum atomic E-state index is -4.09.